The van der Waals surface area contributed by atoms with Crippen LogP contribution in [0.1, 0.15) is 32.3 Å². The van der Waals surface area contributed by atoms with Crippen LogP contribution < -0.4 is 0 Å². The van der Waals surface area contributed by atoms with Gasteiger partial charge in [0.2, 0.25) is 0 Å². The van der Waals surface area contributed by atoms with Crippen LogP contribution in [0.4, 0.5) is 0 Å². The van der Waals surface area contributed by atoms with Crippen molar-refractivity contribution in [1.29, 1.82) is 0 Å². The van der Waals surface area contributed by atoms with Gasteiger partial charge in [-0.15, -0.1) is 11.8 Å². The summed E-state index contributed by atoms with van der Waals surface area (Å²) in [6.07, 6.45) is 0. The van der Waals surface area contributed by atoms with Crippen LogP contribution in [0.2, 0.25) is 5.15 Å². The van der Waals surface area contributed by atoms with Crippen molar-refractivity contribution in [3.63, 3.8) is 0 Å². The van der Waals surface area contributed by atoms with Crippen LogP contribution in [0.5, 0.6) is 0 Å². The Labute approximate surface area is 94.5 Å². The highest BCUT2D eigenvalue weighted by Gasteiger charge is 2.12. The summed E-state index contributed by atoms with van der Waals surface area (Å²) < 4.78 is 0.236. The van der Waals surface area contributed by atoms with Crippen molar-refractivity contribution in [1.82, 2.24) is 9.97 Å². The largest absolute Gasteiger partial charge is 0.237 e. The summed E-state index contributed by atoms with van der Waals surface area (Å²) in [6.45, 7) is 8.46. The summed E-state index contributed by atoms with van der Waals surface area (Å²) >= 11 is 7.66. The molecule has 0 atom stereocenters. The Hall–Kier alpha value is -0.280. The van der Waals surface area contributed by atoms with Gasteiger partial charge in [-0.3, -0.25) is 0 Å². The Kier molecular flexibility index (Phi) is 3.78. The maximum absolute atomic E-state index is 5.84. The molecule has 0 spiro atoms. The first-order chi connectivity index (χ1) is 6.37. The fraction of sp³-hybridized carbons (Fsp3) is 0.600. The first kappa shape index (κ1) is 11.8. The number of aromatic nitrogens is 2. The molecule has 1 aromatic rings. The number of halogens is 1. The molecule has 0 aliphatic heterocycles. The van der Waals surface area contributed by atoms with Crippen molar-refractivity contribution < 1.29 is 0 Å². The maximum atomic E-state index is 5.84. The third-order valence-electron chi connectivity index (χ3n) is 1.50. The zero-order valence-corrected chi connectivity index (χ0v) is 10.5. The van der Waals surface area contributed by atoms with Crippen LogP contribution in [-0.4, -0.2) is 14.7 Å². The summed E-state index contributed by atoms with van der Waals surface area (Å²) in [5, 5.41) is 0.530. The average molecular weight is 231 g/mol. The van der Waals surface area contributed by atoms with E-state index in [2.05, 4.69) is 30.7 Å². The van der Waals surface area contributed by atoms with Gasteiger partial charge in [0.15, 0.2) is 0 Å². The van der Waals surface area contributed by atoms with E-state index in [9.17, 15) is 0 Å². The van der Waals surface area contributed by atoms with Crippen molar-refractivity contribution in [3.05, 3.63) is 22.7 Å². The van der Waals surface area contributed by atoms with E-state index in [-0.39, 0.29) is 4.75 Å². The van der Waals surface area contributed by atoms with Crippen molar-refractivity contribution in [3.8, 4) is 0 Å². The number of aryl methyl sites for hydroxylation is 1. The highest BCUT2D eigenvalue weighted by atomic mass is 35.5. The van der Waals surface area contributed by atoms with E-state index in [1.165, 1.54) is 0 Å². The quantitative estimate of drug-likeness (QED) is 0.728. The minimum Gasteiger partial charge on any atom is -0.237 e. The summed E-state index contributed by atoms with van der Waals surface area (Å²) in [4.78, 5) is 8.49. The number of thioether (sulfide) groups is 1. The fourth-order valence-corrected chi connectivity index (χ4v) is 1.88. The molecule has 0 bridgehead atoms. The van der Waals surface area contributed by atoms with Crippen molar-refractivity contribution in [2.24, 2.45) is 0 Å². The lowest BCUT2D eigenvalue weighted by molar-refractivity contribution is 0.799. The SMILES string of the molecule is Cc1cc(Cl)nc(CSC(C)(C)C)n1. The number of hydrogen-bond acceptors (Lipinski definition) is 3. The molecule has 0 N–H and O–H groups in total. The van der Waals surface area contributed by atoms with Gasteiger partial charge in [-0.1, -0.05) is 32.4 Å². The number of rotatable bonds is 2. The highest BCUT2D eigenvalue weighted by molar-refractivity contribution is 7.99. The van der Waals surface area contributed by atoms with Crippen LogP contribution in [0.15, 0.2) is 6.07 Å². The number of nitrogens with zero attached hydrogens (tertiary/aromatic N) is 2. The minimum atomic E-state index is 0.236. The first-order valence-corrected chi connectivity index (χ1v) is 5.87. The highest BCUT2D eigenvalue weighted by Crippen LogP contribution is 2.26. The molecule has 0 aromatic carbocycles. The van der Waals surface area contributed by atoms with E-state index < -0.39 is 0 Å². The average Bonchev–Trinajstić information content (AvgIpc) is 1.97. The normalized spacial score (nSPS) is 11.8. The lowest BCUT2D eigenvalue weighted by atomic mass is 10.3. The maximum Gasteiger partial charge on any atom is 0.140 e. The molecule has 78 valence electrons. The molecule has 0 radical (unpaired) electrons. The second kappa shape index (κ2) is 4.49. The van der Waals surface area contributed by atoms with Crippen LogP contribution in [0, 0.1) is 6.92 Å². The first-order valence-electron chi connectivity index (χ1n) is 4.51. The molecular formula is C10H15ClN2S. The molecule has 0 saturated carbocycles. The minimum absolute atomic E-state index is 0.236. The zero-order chi connectivity index (χ0) is 10.8. The summed E-state index contributed by atoms with van der Waals surface area (Å²) in [7, 11) is 0. The van der Waals surface area contributed by atoms with Gasteiger partial charge in [-0.25, -0.2) is 9.97 Å². The van der Waals surface area contributed by atoms with Crippen molar-refractivity contribution in [2.45, 2.75) is 38.2 Å². The molecule has 14 heavy (non-hydrogen) atoms. The Balaban J connectivity index is 2.68. The molecule has 1 heterocycles. The van der Waals surface area contributed by atoms with Gasteiger partial charge in [0, 0.05) is 10.4 Å². The van der Waals surface area contributed by atoms with Gasteiger partial charge in [0.25, 0.3) is 0 Å². The molecule has 0 aliphatic rings. The van der Waals surface area contributed by atoms with E-state index in [0.29, 0.717) is 5.15 Å². The molecule has 0 aliphatic carbocycles. The van der Waals surface area contributed by atoms with Crippen LogP contribution in [0.25, 0.3) is 0 Å². The fourth-order valence-electron chi connectivity index (χ4n) is 0.934. The van der Waals surface area contributed by atoms with Crippen molar-refractivity contribution in [2.75, 3.05) is 0 Å². The van der Waals surface area contributed by atoms with E-state index in [1.807, 2.05) is 18.7 Å². The summed E-state index contributed by atoms with van der Waals surface area (Å²) in [5.41, 5.74) is 0.925. The van der Waals surface area contributed by atoms with Gasteiger partial charge in [-0.05, 0) is 13.0 Å². The Morgan fingerprint density at radius 1 is 1.36 bits per heavy atom. The topological polar surface area (TPSA) is 25.8 Å². The van der Waals surface area contributed by atoms with Gasteiger partial charge < -0.3 is 0 Å². The standard InChI is InChI=1S/C10H15ClN2S/c1-7-5-8(11)13-9(12-7)6-14-10(2,3)4/h5H,6H2,1-4H3. The third-order valence-corrected chi connectivity index (χ3v) is 2.97. The van der Waals surface area contributed by atoms with Gasteiger partial charge in [-0.2, -0.15) is 0 Å². The van der Waals surface area contributed by atoms with Crippen LogP contribution >= 0.6 is 23.4 Å². The lowest BCUT2D eigenvalue weighted by Gasteiger charge is -2.16. The molecule has 1 aromatic heterocycles. The van der Waals surface area contributed by atoms with Crippen LogP contribution in [-0.2, 0) is 5.75 Å². The lowest BCUT2D eigenvalue weighted by Crippen LogP contribution is -2.08. The second-order valence-corrected chi connectivity index (χ2v) is 6.34. The molecule has 0 amide bonds. The smallest absolute Gasteiger partial charge is 0.140 e. The zero-order valence-electron chi connectivity index (χ0n) is 8.97. The predicted octanol–water partition coefficient (Wildman–Crippen LogP) is 3.47. The van der Waals surface area contributed by atoms with E-state index in [1.54, 1.807) is 6.07 Å². The Morgan fingerprint density at radius 2 is 2.00 bits per heavy atom. The van der Waals surface area contributed by atoms with Gasteiger partial charge >= 0.3 is 0 Å². The van der Waals surface area contributed by atoms with E-state index >= 15 is 0 Å². The second-order valence-electron chi connectivity index (χ2n) is 4.15. The third kappa shape index (κ3) is 4.29. The van der Waals surface area contributed by atoms with E-state index in [4.69, 9.17) is 11.6 Å². The van der Waals surface area contributed by atoms with Crippen molar-refractivity contribution >= 4 is 23.4 Å². The van der Waals surface area contributed by atoms with Gasteiger partial charge in [0.05, 0.1) is 5.75 Å². The van der Waals surface area contributed by atoms with Gasteiger partial charge in [0.1, 0.15) is 11.0 Å². The summed E-state index contributed by atoms with van der Waals surface area (Å²) in [6, 6.07) is 1.77. The Bertz CT molecular complexity index is 300. The predicted molar refractivity (Wildman–Crippen MR) is 62.8 cm³/mol. The molecule has 0 fully saturated rings. The summed E-state index contributed by atoms with van der Waals surface area (Å²) in [5.74, 6) is 1.63. The Morgan fingerprint density at radius 3 is 2.50 bits per heavy atom. The van der Waals surface area contributed by atoms with Crippen LogP contribution in [0.3, 0.4) is 0 Å². The monoisotopic (exact) mass is 230 g/mol. The molecule has 0 unspecified atom stereocenters. The van der Waals surface area contributed by atoms with E-state index in [0.717, 1.165) is 17.3 Å². The molecular weight excluding hydrogens is 216 g/mol. The molecule has 4 heteroatoms. The molecule has 1 rings (SSSR count). The molecule has 0 saturated heterocycles. The number of hydrogen-bond donors (Lipinski definition) is 0. The molecule has 2 nitrogen and oxygen atoms in total.